The lowest BCUT2D eigenvalue weighted by Crippen LogP contribution is -2.13. The zero-order valence-corrected chi connectivity index (χ0v) is 10.7. The minimum Gasteiger partial charge on any atom is -0.465 e. The van der Waals surface area contributed by atoms with Gasteiger partial charge in [-0.2, -0.15) is 0 Å². The van der Waals surface area contributed by atoms with Crippen LogP contribution in [-0.2, 0) is 4.74 Å². The topological polar surface area (TPSA) is 38.3 Å². The molecule has 0 amide bonds. The van der Waals surface area contributed by atoms with Gasteiger partial charge in [-0.25, -0.2) is 13.6 Å². The van der Waals surface area contributed by atoms with E-state index in [1.54, 1.807) is 0 Å². The SMILES string of the molecule is CCC(C)CNc1ccc(C(=O)OC)c(F)c1F. The second-order valence-electron chi connectivity index (χ2n) is 4.17. The van der Waals surface area contributed by atoms with Gasteiger partial charge in [-0.3, -0.25) is 0 Å². The number of benzene rings is 1. The highest BCUT2D eigenvalue weighted by Gasteiger charge is 2.19. The molecule has 0 heterocycles. The molecule has 0 aromatic heterocycles. The van der Waals surface area contributed by atoms with Crippen molar-refractivity contribution in [2.75, 3.05) is 19.0 Å². The molecule has 5 heteroatoms. The Bertz CT molecular complexity index is 435. The minimum atomic E-state index is -1.18. The van der Waals surface area contributed by atoms with E-state index in [0.29, 0.717) is 12.5 Å². The number of esters is 1. The average Bonchev–Trinajstić information content (AvgIpc) is 2.39. The Kier molecular flexibility index (Phi) is 5.07. The fourth-order valence-electron chi connectivity index (χ4n) is 1.38. The van der Waals surface area contributed by atoms with Gasteiger partial charge in [0.2, 0.25) is 0 Å². The summed E-state index contributed by atoms with van der Waals surface area (Å²) in [5.41, 5.74) is -0.343. The number of rotatable bonds is 5. The highest BCUT2D eigenvalue weighted by molar-refractivity contribution is 5.90. The van der Waals surface area contributed by atoms with Crippen LogP contribution in [0.25, 0.3) is 0 Å². The summed E-state index contributed by atoms with van der Waals surface area (Å²) in [6.45, 7) is 4.57. The van der Waals surface area contributed by atoms with Crippen molar-refractivity contribution in [3.05, 3.63) is 29.3 Å². The van der Waals surface area contributed by atoms with Crippen LogP contribution >= 0.6 is 0 Å². The molecule has 1 unspecified atom stereocenters. The van der Waals surface area contributed by atoms with Gasteiger partial charge in [-0.1, -0.05) is 20.3 Å². The Morgan fingerprint density at radius 3 is 2.61 bits per heavy atom. The summed E-state index contributed by atoms with van der Waals surface area (Å²) in [7, 11) is 1.12. The molecule has 1 atom stereocenters. The zero-order chi connectivity index (χ0) is 13.7. The van der Waals surface area contributed by atoms with E-state index in [2.05, 4.69) is 10.1 Å². The number of methoxy groups -OCH3 is 1. The van der Waals surface area contributed by atoms with Crippen LogP contribution in [0.4, 0.5) is 14.5 Å². The van der Waals surface area contributed by atoms with E-state index in [0.717, 1.165) is 13.5 Å². The molecule has 0 saturated carbocycles. The van der Waals surface area contributed by atoms with E-state index in [1.165, 1.54) is 12.1 Å². The molecule has 0 radical (unpaired) electrons. The van der Waals surface area contributed by atoms with Crippen LogP contribution in [0.5, 0.6) is 0 Å². The van der Waals surface area contributed by atoms with Gasteiger partial charge in [0, 0.05) is 6.54 Å². The molecule has 0 aliphatic carbocycles. The number of hydrogen-bond donors (Lipinski definition) is 1. The summed E-state index contributed by atoms with van der Waals surface area (Å²) >= 11 is 0. The van der Waals surface area contributed by atoms with Crippen molar-refractivity contribution in [3.63, 3.8) is 0 Å². The Balaban J connectivity index is 2.90. The van der Waals surface area contributed by atoms with Gasteiger partial charge < -0.3 is 10.1 Å². The van der Waals surface area contributed by atoms with Crippen molar-refractivity contribution in [1.82, 2.24) is 0 Å². The van der Waals surface area contributed by atoms with Gasteiger partial charge in [0.15, 0.2) is 11.6 Å². The molecular weight excluding hydrogens is 240 g/mol. The van der Waals surface area contributed by atoms with E-state index in [-0.39, 0.29) is 5.69 Å². The molecule has 0 aliphatic heterocycles. The van der Waals surface area contributed by atoms with Crippen molar-refractivity contribution < 1.29 is 18.3 Å². The average molecular weight is 257 g/mol. The van der Waals surface area contributed by atoms with Gasteiger partial charge in [0.25, 0.3) is 0 Å². The van der Waals surface area contributed by atoms with Crippen molar-refractivity contribution in [2.45, 2.75) is 20.3 Å². The summed E-state index contributed by atoms with van der Waals surface area (Å²) in [5, 5.41) is 2.82. The quantitative estimate of drug-likeness (QED) is 0.823. The zero-order valence-electron chi connectivity index (χ0n) is 10.7. The largest absolute Gasteiger partial charge is 0.465 e. The summed E-state index contributed by atoms with van der Waals surface area (Å²) in [6.07, 6.45) is 0.942. The van der Waals surface area contributed by atoms with Crippen LogP contribution in [0.15, 0.2) is 12.1 Å². The Hall–Kier alpha value is -1.65. The fourth-order valence-corrected chi connectivity index (χ4v) is 1.38. The third kappa shape index (κ3) is 3.18. The van der Waals surface area contributed by atoms with E-state index in [9.17, 15) is 13.6 Å². The Morgan fingerprint density at radius 2 is 2.06 bits per heavy atom. The summed E-state index contributed by atoms with van der Waals surface area (Å²) in [6, 6.07) is 2.55. The standard InChI is InChI=1S/C13H17F2NO2/c1-4-8(2)7-16-10-6-5-9(13(17)18-3)11(14)12(10)15/h5-6,8,16H,4,7H2,1-3H3. The Morgan fingerprint density at radius 1 is 1.39 bits per heavy atom. The van der Waals surface area contributed by atoms with Gasteiger partial charge in [0.1, 0.15) is 0 Å². The number of carbonyl (C=O) groups excluding carboxylic acids is 1. The van der Waals surface area contributed by atoms with E-state index in [1.807, 2.05) is 13.8 Å². The smallest absolute Gasteiger partial charge is 0.340 e. The molecule has 0 aliphatic rings. The second-order valence-corrected chi connectivity index (χ2v) is 4.17. The molecule has 1 aromatic carbocycles. The number of halogens is 2. The molecule has 1 rings (SSSR count). The Labute approximate surface area is 105 Å². The van der Waals surface area contributed by atoms with Crippen molar-refractivity contribution in [1.29, 1.82) is 0 Å². The lowest BCUT2D eigenvalue weighted by atomic mass is 10.1. The highest BCUT2D eigenvalue weighted by Crippen LogP contribution is 2.21. The molecule has 1 aromatic rings. The van der Waals surface area contributed by atoms with Crippen LogP contribution in [0.3, 0.4) is 0 Å². The maximum absolute atomic E-state index is 13.7. The normalized spacial score (nSPS) is 12.1. The number of nitrogens with one attached hydrogen (secondary N) is 1. The molecule has 100 valence electrons. The molecule has 0 saturated heterocycles. The maximum Gasteiger partial charge on any atom is 0.340 e. The van der Waals surface area contributed by atoms with Crippen LogP contribution in [0.1, 0.15) is 30.6 Å². The number of anilines is 1. The fraction of sp³-hybridized carbons (Fsp3) is 0.462. The highest BCUT2D eigenvalue weighted by atomic mass is 19.2. The number of ether oxygens (including phenoxy) is 1. The third-order valence-electron chi connectivity index (χ3n) is 2.83. The van der Waals surface area contributed by atoms with E-state index in [4.69, 9.17) is 0 Å². The van der Waals surface area contributed by atoms with Gasteiger partial charge in [-0.05, 0) is 18.1 Å². The summed E-state index contributed by atoms with van der Waals surface area (Å²) in [4.78, 5) is 11.2. The predicted molar refractivity (Wildman–Crippen MR) is 65.6 cm³/mol. The van der Waals surface area contributed by atoms with Crippen LogP contribution in [0.2, 0.25) is 0 Å². The number of carbonyl (C=O) groups is 1. The van der Waals surface area contributed by atoms with Crippen LogP contribution in [-0.4, -0.2) is 19.6 Å². The van der Waals surface area contributed by atoms with E-state index >= 15 is 0 Å². The lowest BCUT2D eigenvalue weighted by Gasteiger charge is -2.13. The molecule has 0 bridgehead atoms. The van der Waals surface area contributed by atoms with E-state index < -0.39 is 23.2 Å². The van der Waals surface area contributed by atoms with Crippen molar-refractivity contribution in [3.8, 4) is 0 Å². The monoisotopic (exact) mass is 257 g/mol. The summed E-state index contributed by atoms with van der Waals surface area (Å²) in [5.74, 6) is -2.77. The van der Waals surface area contributed by atoms with Gasteiger partial charge >= 0.3 is 5.97 Å². The minimum absolute atomic E-state index is 0.0560. The van der Waals surface area contributed by atoms with Crippen LogP contribution in [0, 0.1) is 17.6 Å². The number of hydrogen-bond acceptors (Lipinski definition) is 3. The molecule has 3 nitrogen and oxygen atoms in total. The first-order chi connectivity index (χ1) is 8.51. The summed E-state index contributed by atoms with van der Waals surface area (Å²) < 4.78 is 31.6. The lowest BCUT2D eigenvalue weighted by molar-refractivity contribution is 0.0594. The van der Waals surface area contributed by atoms with Gasteiger partial charge in [-0.15, -0.1) is 0 Å². The van der Waals surface area contributed by atoms with Gasteiger partial charge in [0.05, 0.1) is 18.4 Å². The second kappa shape index (κ2) is 6.33. The molecule has 0 spiro atoms. The molecule has 0 fully saturated rings. The maximum atomic E-state index is 13.7. The first kappa shape index (κ1) is 14.4. The molecule has 18 heavy (non-hydrogen) atoms. The first-order valence-corrected chi connectivity index (χ1v) is 5.81. The predicted octanol–water partition coefficient (Wildman–Crippen LogP) is 3.21. The van der Waals surface area contributed by atoms with Crippen molar-refractivity contribution >= 4 is 11.7 Å². The van der Waals surface area contributed by atoms with Crippen LogP contribution < -0.4 is 5.32 Å². The third-order valence-corrected chi connectivity index (χ3v) is 2.83. The van der Waals surface area contributed by atoms with Crippen molar-refractivity contribution in [2.24, 2.45) is 5.92 Å². The first-order valence-electron chi connectivity index (χ1n) is 5.81. The molecule has 1 N–H and O–H groups in total. The molecular formula is C13H17F2NO2.